The molecule has 0 spiro atoms. The van der Waals surface area contributed by atoms with E-state index in [1.165, 1.54) is 24.2 Å². The largest absolute Gasteiger partial charge is 0.494 e. The maximum atomic E-state index is 5.66. The summed E-state index contributed by atoms with van der Waals surface area (Å²) in [5, 5.41) is 3.55. The second kappa shape index (κ2) is 10.2. The lowest BCUT2D eigenvalue weighted by molar-refractivity contribution is 0.309. The zero-order valence-corrected chi connectivity index (χ0v) is 13.3. The lowest BCUT2D eigenvalue weighted by Crippen LogP contribution is -2.25. The van der Waals surface area contributed by atoms with E-state index in [1.54, 1.807) is 0 Å². The number of hydrogen-bond donors (Lipinski definition) is 1. The van der Waals surface area contributed by atoms with Crippen molar-refractivity contribution in [3.63, 3.8) is 0 Å². The van der Waals surface area contributed by atoms with Gasteiger partial charge in [0.15, 0.2) is 0 Å². The summed E-state index contributed by atoms with van der Waals surface area (Å²) in [6.45, 7) is 6.18. The van der Waals surface area contributed by atoms with Gasteiger partial charge in [0.05, 0.1) is 6.61 Å². The molecule has 1 atom stereocenters. The van der Waals surface area contributed by atoms with Crippen molar-refractivity contribution in [1.82, 2.24) is 5.32 Å². The summed E-state index contributed by atoms with van der Waals surface area (Å²) in [5.74, 6) is 2.20. The van der Waals surface area contributed by atoms with Crippen molar-refractivity contribution >= 4 is 11.8 Å². The first-order valence-corrected chi connectivity index (χ1v) is 8.59. The van der Waals surface area contributed by atoms with Gasteiger partial charge in [-0.1, -0.05) is 25.5 Å². The average molecular weight is 281 g/mol. The first-order valence-electron chi connectivity index (χ1n) is 7.20. The molecule has 0 amide bonds. The Bertz CT molecular complexity index is 326. The molecule has 0 saturated carbocycles. The number of hydrogen-bond acceptors (Lipinski definition) is 3. The number of ether oxygens (including phenoxy) is 1. The molecule has 1 unspecified atom stereocenters. The Morgan fingerprint density at radius 2 is 2.00 bits per heavy atom. The number of benzene rings is 1. The Hall–Kier alpha value is -0.670. The standard InChI is InChI=1S/C16H27NOS/c1-4-5-11-18-16-8-6-15(7-9-16)13-17-14(2)10-12-19-3/h6-9,14,17H,4-5,10-13H2,1-3H3. The van der Waals surface area contributed by atoms with Gasteiger partial charge in [0.1, 0.15) is 5.75 Å². The molecule has 1 aromatic rings. The van der Waals surface area contributed by atoms with Gasteiger partial charge >= 0.3 is 0 Å². The van der Waals surface area contributed by atoms with Gasteiger partial charge in [0.25, 0.3) is 0 Å². The summed E-state index contributed by atoms with van der Waals surface area (Å²) < 4.78 is 5.66. The second-order valence-electron chi connectivity index (χ2n) is 4.91. The van der Waals surface area contributed by atoms with E-state index in [0.29, 0.717) is 6.04 Å². The van der Waals surface area contributed by atoms with Gasteiger partial charge in [-0.05, 0) is 49.5 Å². The molecule has 1 aromatic carbocycles. The summed E-state index contributed by atoms with van der Waals surface area (Å²) in [7, 11) is 0. The van der Waals surface area contributed by atoms with E-state index in [-0.39, 0.29) is 0 Å². The van der Waals surface area contributed by atoms with Crippen LogP contribution < -0.4 is 10.1 Å². The molecule has 1 rings (SSSR count). The Morgan fingerprint density at radius 3 is 2.63 bits per heavy atom. The first kappa shape index (κ1) is 16.4. The molecule has 0 saturated heterocycles. The van der Waals surface area contributed by atoms with Crippen LogP contribution in [-0.2, 0) is 6.54 Å². The van der Waals surface area contributed by atoms with E-state index in [2.05, 4.69) is 49.7 Å². The third-order valence-corrected chi connectivity index (χ3v) is 3.74. The predicted octanol–water partition coefficient (Wildman–Crippen LogP) is 4.10. The molecule has 3 heteroatoms. The molecule has 19 heavy (non-hydrogen) atoms. The number of thioether (sulfide) groups is 1. The van der Waals surface area contributed by atoms with Gasteiger partial charge in [0, 0.05) is 12.6 Å². The topological polar surface area (TPSA) is 21.3 Å². The van der Waals surface area contributed by atoms with Crippen LogP contribution in [-0.4, -0.2) is 24.7 Å². The van der Waals surface area contributed by atoms with E-state index >= 15 is 0 Å². The van der Waals surface area contributed by atoms with Gasteiger partial charge in [-0.15, -0.1) is 0 Å². The van der Waals surface area contributed by atoms with Gasteiger partial charge in [0.2, 0.25) is 0 Å². The number of rotatable bonds is 10. The minimum absolute atomic E-state index is 0.577. The van der Waals surface area contributed by atoms with Crippen LogP contribution in [0.4, 0.5) is 0 Å². The van der Waals surface area contributed by atoms with Crippen LogP contribution in [0, 0.1) is 0 Å². The van der Waals surface area contributed by atoms with Crippen LogP contribution in [0.25, 0.3) is 0 Å². The zero-order valence-electron chi connectivity index (χ0n) is 12.4. The minimum Gasteiger partial charge on any atom is -0.494 e. The lowest BCUT2D eigenvalue weighted by Gasteiger charge is -2.13. The van der Waals surface area contributed by atoms with Crippen LogP contribution in [0.1, 0.15) is 38.7 Å². The summed E-state index contributed by atoms with van der Waals surface area (Å²) in [4.78, 5) is 0. The van der Waals surface area contributed by atoms with Crippen molar-refractivity contribution in [2.75, 3.05) is 18.6 Å². The van der Waals surface area contributed by atoms with Gasteiger partial charge in [-0.3, -0.25) is 0 Å². The van der Waals surface area contributed by atoms with Crippen LogP contribution in [0.15, 0.2) is 24.3 Å². The Kier molecular flexibility index (Phi) is 8.76. The lowest BCUT2D eigenvalue weighted by atomic mass is 10.2. The third-order valence-electron chi connectivity index (χ3n) is 3.10. The van der Waals surface area contributed by atoms with Crippen LogP contribution in [0.5, 0.6) is 5.75 Å². The summed E-state index contributed by atoms with van der Waals surface area (Å²) in [6, 6.07) is 9.01. The molecule has 0 bridgehead atoms. The minimum atomic E-state index is 0.577. The number of unbranched alkanes of at least 4 members (excludes halogenated alkanes) is 1. The quantitative estimate of drug-likeness (QED) is 0.653. The van der Waals surface area contributed by atoms with Crippen molar-refractivity contribution in [2.24, 2.45) is 0 Å². The predicted molar refractivity (Wildman–Crippen MR) is 86.1 cm³/mol. The van der Waals surface area contributed by atoms with Crippen molar-refractivity contribution in [3.8, 4) is 5.75 Å². The summed E-state index contributed by atoms with van der Waals surface area (Å²) in [5.41, 5.74) is 1.32. The molecule has 2 nitrogen and oxygen atoms in total. The molecule has 0 fully saturated rings. The highest BCUT2D eigenvalue weighted by Crippen LogP contribution is 2.13. The van der Waals surface area contributed by atoms with Crippen molar-refractivity contribution in [2.45, 2.75) is 45.7 Å². The van der Waals surface area contributed by atoms with E-state index < -0.39 is 0 Å². The monoisotopic (exact) mass is 281 g/mol. The van der Waals surface area contributed by atoms with Crippen molar-refractivity contribution < 1.29 is 4.74 Å². The molecule has 108 valence electrons. The fourth-order valence-corrected chi connectivity index (χ4v) is 2.32. The molecule has 0 aromatic heterocycles. The van der Waals surface area contributed by atoms with Crippen molar-refractivity contribution in [3.05, 3.63) is 29.8 Å². The van der Waals surface area contributed by atoms with Gasteiger partial charge < -0.3 is 10.1 Å². The molecular formula is C16H27NOS. The highest BCUT2D eigenvalue weighted by atomic mass is 32.2. The van der Waals surface area contributed by atoms with Gasteiger partial charge in [-0.2, -0.15) is 11.8 Å². The molecule has 1 N–H and O–H groups in total. The zero-order chi connectivity index (χ0) is 13.9. The smallest absolute Gasteiger partial charge is 0.119 e. The molecule has 0 aliphatic heterocycles. The third kappa shape index (κ3) is 7.48. The second-order valence-corrected chi connectivity index (χ2v) is 5.89. The molecule has 0 heterocycles. The Morgan fingerprint density at radius 1 is 1.26 bits per heavy atom. The van der Waals surface area contributed by atoms with E-state index in [9.17, 15) is 0 Å². The highest BCUT2D eigenvalue weighted by molar-refractivity contribution is 7.98. The average Bonchev–Trinajstić information content (AvgIpc) is 2.44. The maximum Gasteiger partial charge on any atom is 0.119 e. The van der Waals surface area contributed by atoms with Gasteiger partial charge in [-0.25, -0.2) is 0 Å². The van der Waals surface area contributed by atoms with Crippen molar-refractivity contribution in [1.29, 1.82) is 0 Å². The van der Waals surface area contributed by atoms with Crippen LogP contribution in [0.3, 0.4) is 0 Å². The molecule has 0 aliphatic rings. The van der Waals surface area contributed by atoms with Crippen LogP contribution >= 0.6 is 11.8 Å². The summed E-state index contributed by atoms with van der Waals surface area (Å²) in [6.07, 6.45) is 5.68. The molecule has 0 aliphatic carbocycles. The Balaban J connectivity index is 2.27. The van der Waals surface area contributed by atoms with E-state index in [1.807, 2.05) is 11.8 Å². The molecule has 0 radical (unpaired) electrons. The maximum absolute atomic E-state index is 5.66. The van der Waals surface area contributed by atoms with Crippen LogP contribution in [0.2, 0.25) is 0 Å². The molecular weight excluding hydrogens is 254 g/mol. The van der Waals surface area contributed by atoms with E-state index in [0.717, 1.165) is 25.3 Å². The SMILES string of the molecule is CCCCOc1ccc(CNC(C)CCSC)cc1. The fourth-order valence-electron chi connectivity index (χ4n) is 1.73. The normalized spacial score (nSPS) is 12.4. The Labute approximate surface area is 122 Å². The highest BCUT2D eigenvalue weighted by Gasteiger charge is 2.01. The number of nitrogens with one attached hydrogen (secondary N) is 1. The van der Waals surface area contributed by atoms with E-state index in [4.69, 9.17) is 4.74 Å². The first-order chi connectivity index (χ1) is 9.26. The summed E-state index contributed by atoms with van der Waals surface area (Å²) >= 11 is 1.91. The fraction of sp³-hybridized carbons (Fsp3) is 0.625.